The Bertz CT molecular complexity index is 754. The number of hydrogen-bond donors (Lipinski definition) is 0. The Morgan fingerprint density at radius 1 is 1.07 bits per heavy atom. The summed E-state index contributed by atoms with van der Waals surface area (Å²) in [5.41, 5.74) is 3.21. The topological polar surface area (TPSA) is 49.6 Å². The first-order valence-electron chi connectivity index (χ1n) is 10.2. The zero-order valence-electron chi connectivity index (χ0n) is 16.2. The first-order chi connectivity index (χ1) is 13.2. The minimum Gasteiger partial charge on any atom is -0.359 e. The summed E-state index contributed by atoms with van der Waals surface area (Å²) < 4.78 is 5.55. The van der Waals surface area contributed by atoms with Crippen LogP contribution in [0.25, 0.3) is 11.3 Å². The summed E-state index contributed by atoms with van der Waals surface area (Å²) in [5, 5.41) is 4.22. The molecule has 5 nitrogen and oxygen atoms in total. The Labute approximate surface area is 161 Å². The zero-order chi connectivity index (χ0) is 18.6. The molecule has 2 aromatic rings. The van der Waals surface area contributed by atoms with E-state index in [0.29, 0.717) is 5.91 Å². The van der Waals surface area contributed by atoms with Crippen molar-refractivity contribution in [3.8, 4) is 11.3 Å². The van der Waals surface area contributed by atoms with Crippen LogP contribution in [0.4, 0.5) is 0 Å². The third-order valence-corrected chi connectivity index (χ3v) is 5.92. The summed E-state index contributed by atoms with van der Waals surface area (Å²) in [5.74, 6) is 1.55. The minimum absolute atomic E-state index is 0.275. The van der Waals surface area contributed by atoms with Crippen LogP contribution in [-0.2, 0) is 11.3 Å². The lowest BCUT2D eigenvalue weighted by Crippen LogP contribution is -2.50. The molecule has 2 heterocycles. The average molecular weight is 367 g/mol. The number of carbonyl (C=O) groups excluding carboxylic acids is 1. The molecule has 144 valence electrons. The molecule has 1 amide bonds. The van der Waals surface area contributed by atoms with E-state index in [9.17, 15) is 4.79 Å². The van der Waals surface area contributed by atoms with Crippen molar-refractivity contribution in [2.45, 2.75) is 45.6 Å². The van der Waals surface area contributed by atoms with E-state index in [1.165, 1.54) is 24.8 Å². The predicted octanol–water partition coefficient (Wildman–Crippen LogP) is 3.87. The van der Waals surface area contributed by atoms with Crippen LogP contribution < -0.4 is 0 Å². The highest BCUT2D eigenvalue weighted by atomic mass is 16.5. The van der Waals surface area contributed by atoms with Crippen LogP contribution in [0.2, 0.25) is 0 Å². The van der Waals surface area contributed by atoms with Gasteiger partial charge in [0.05, 0.1) is 6.54 Å². The van der Waals surface area contributed by atoms with E-state index < -0.39 is 0 Å². The van der Waals surface area contributed by atoms with Crippen molar-refractivity contribution in [2.75, 3.05) is 26.2 Å². The number of rotatable bonds is 4. The number of aromatic nitrogens is 1. The molecule has 2 fully saturated rings. The molecule has 27 heavy (non-hydrogen) atoms. The molecule has 1 saturated carbocycles. The van der Waals surface area contributed by atoms with E-state index in [-0.39, 0.29) is 5.92 Å². The van der Waals surface area contributed by atoms with Gasteiger partial charge in [0.15, 0.2) is 5.76 Å². The molecule has 0 atom stereocenters. The summed E-state index contributed by atoms with van der Waals surface area (Å²) in [6.45, 7) is 6.29. The Hall–Kier alpha value is -2.14. The lowest BCUT2D eigenvalue weighted by molar-refractivity contribution is -0.138. The molecule has 0 radical (unpaired) electrons. The largest absolute Gasteiger partial charge is 0.359 e. The summed E-state index contributed by atoms with van der Waals surface area (Å²) in [6.07, 6.45) is 5.88. The molecule has 0 unspecified atom stereocenters. The highest BCUT2D eigenvalue weighted by Crippen LogP contribution is 2.26. The molecule has 1 saturated heterocycles. The number of carbonyl (C=O) groups is 1. The van der Waals surface area contributed by atoms with Crippen LogP contribution in [0.1, 0.15) is 43.4 Å². The Morgan fingerprint density at radius 2 is 1.78 bits per heavy atom. The minimum atomic E-state index is 0.275. The lowest BCUT2D eigenvalue weighted by atomic mass is 9.88. The number of amides is 1. The van der Waals surface area contributed by atoms with Gasteiger partial charge < -0.3 is 9.42 Å². The zero-order valence-corrected chi connectivity index (χ0v) is 16.2. The molecule has 2 aliphatic rings. The Morgan fingerprint density at radius 3 is 2.48 bits per heavy atom. The van der Waals surface area contributed by atoms with E-state index in [1.54, 1.807) is 0 Å². The SMILES string of the molecule is Cc1ccc(-c2cc(CN3CCN(C(=O)C4CCCCC4)CC3)on2)cc1. The monoisotopic (exact) mass is 367 g/mol. The molecular weight excluding hydrogens is 338 g/mol. The van der Waals surface area contributed by atoms with E-state index in [0.717, 1.165) is 62.6 Å². The van der Waals surface area contributed by atoms with Gasteiger partial charge in [-0.15, -0.1) is 0 Å². The van der Waals surface area contributed by atoms with E-state index >= 15 is 0 Å². The highest BCUT2D eigenvalue weighted by Gasteiger charge is 2.28. The number of aryl methyl sites for hydroxylation is 1. The van der Waals surface area contributed by atoms with Crippen molar-refractivity contribution < 1.29 is 9.32 Å². The van der Waals surface area contributed by atoms with E-state index in [1.807, 2.05) is 6.07 Å². The van der Waals surface area contributed by atoms with E-state index in [4.69, 9.17) is 4.52 Å². The van der Waals surface area contributed by atoms with Gasteiger partial charge in [-0.2, -0.15) is 0 Å². The fourth-order valence-electron chi connectivity index (χ4n) is 4.20. The second-order valence-corrected chi connectivity index (χ2v) is 7.98. The number of piperazine rings is 1. The van der Waals surface area contributed by atoms with Crippen molar-refractivity contribution in [1.82, 2.24) is 15.0 Å². The van der Waals surface area contributed by atoms with Crippen LogP contribution in [0.3, 0.4) is 0 Å². The van der Waals surface area contributed by atoms with Gasteiger partial charge in [-0.1, -0.05) is 54.2 Å². The third-order valence-electron chi connectivity index (χ3n) is 5.92. The molecule has 4 rings (SSSR count). The summed E-state index contributed by atoms with van der Waals surface area (Å²) in [4.78, 5) is 17.1. The quantitative estimate of drug-likeness (QED) is 0.823. The summed E-state index contributed by atoms with van der Waals surface area (Å²) in [7, 11) is 0. The smallest absolute Gasteiger partial charge is 0.225 e. The maximum atomic E-state index is 12.7. The van der Waals surface area contributed by atoms with Crippen molar-refractivity contribution in [3.63, 3.8) is 0 Å². The standard InChI is InChI=1S/C22H29N3O2/c1-17-7-9-18(10-8-17)21-15-20(27-23-21)16-24-11-13-25(14-12-24)22(26)19-5-3-2-4-6-19/h7-10,15,19H,2-6,11-14,16H2,1H3. The van der Waals surface area contributed by atoms with E-state index in [2.05, 4.69) is 46.1 Å². The van der Waals surface area contributed by atoms with Crippen LogP contribution in [0.15, 0.2) is 34.9 Å². The predicted molar refractivity (Wildman–Crippen MR) is 105 cm³/mol. The normalized spacial score (nSPS) is 19.4. The second kappa shape index (κ2) is 8.26. The first-order valence-corrected chi connectivity index (χ1v) is 10.2. The second-order valence-electron chi connectivity index (χ2n) is 7.98. The molecule has 0 bridgehead atoms. The average Bonchev–Trinajstić information content (AvgIpc) is 3.18. The van der Waals surface area contributed by atoms with Crippen molar-refractivity contribution >= 4 is 5.91 Å². The van der Waals surface area contributed by atoms with Gasteiger partial charge in [-0.3, -0.25) is 9.69 Å². The van der Waals surface area contributed by atoms with Gasteiger partial charge in [-0.25, -0.2) is 0 Å². The molecule has 0 spiro atoms. The molecule has 1 aliphatic heterocycles. The Kier molecular flexibility index (Phi) is 5.58. The van der Waals surface area contributed by atoms with Crippen LogP contribution in [-0.4, -0.2) is 47.0 Å². The molecule has 5 heteroatoms. The van der Waals surface area contributed by atoms with Gasteiger partial charge in [0.2, 0.25) is 5.91 Å². The number of hydrogen-bond acceptors (Lipinski definition) is 4. The maximum absolute atomic E-state index is 12.7. The fraction of sp³-hybridized carbons (Fsp3) is 0.545. The van der Waals surface area contributed by atoms with Crippen LogP contribution in [0.5, 0.6) is 0 Å². The van der Waals surface area contributed by atoms with Gasteiger partial charge in [-0.05, 0) is 19.8 Å². The van der Waals surface area contributed by atoms with Crippen LogP contribution >= 0.6 is 0 Å². The number of benzene rings is 1. The summed E-state index contributed by atoms with van der Waals surface area (Å²) in [6, 6.07) is 10.4. The Balaban J connectivity index is 1.29. The molecule has 1 aromatic carbocycles. The van der Waals surface area contributed by atoms with Gasteiger partial charge in [0, 0.05) is 43.7 Å². The van der Waals surface area contributed by atoms with Crippen molar-refractivity contribution in [1.29, 1.82) is 0 Å². The lowest BCUT2D eigenvalue weighted by Gasteiger charge is -2.36. The summed E-state index contributed by atoms with van der Waals surface area (Å²) >= 11 is 0. The molecular formula is C22H29N3O2. The molecule has 1 aliphatic carbocycles. The third kappa shape index (κ3) is 4.41. The fourth-order valence-corrected chi connectivity index (χ4v) is 4.20. The first kappa shape index (κ1) is 18.2. The van der Waals surface area contributed by atoms with Gasteiger partial charge >= 0.3 is 0 Å². The molecule has 1 aromatic heterocycles. The van der Waals surface area contributed by atoms with Gasteiger partial charge in [0.25, 0.3) is 0 Å². The van der Waals surface area contributed by atoms with Crippen LogP contribution in [0, 0.1) is 12.8 Å². The van der Waals surface area contributed by atoms with Crippen molar-refractivity contribution in [3.05, 3.63) is 41.7 Å². The molecule has 0 N–H and O–H groups in total. The number of nitrogens with zero attached hydrogens (tertiary/aromatic N) is 3. The highest BCUT2D eigenvalue weighted by molar-refractivity contribution is 5.79. The van der Waals surface area contributed by atoms with Gasteiger partial charge in [0.1, 0.15) is 5.69 Å². The van der Waals surface area contributed by atoms with Crippen molar-refractivity contribution in [2.24, 2.45) is 5.92 Å². The maximum Gasteiger partial charge on any atom is 0.225 e.